The average molecular weight is 286 g/mol. The maximum absolute atomic E-state index is 12.7. The van der Waals surface area contributed by atoms with Crippen LogP contribution in [-0.2, 0) is 4.74 Å². The van der Waals surface area contributed by atoms with Gasteiger partial charge in [-0.3, -0.25) is 4.79 Å². The second kappa shape index (κ2) is 5.60. The Morgan fingerprint density at radius 3 is 2.67 bits per heavy atom. The van der Waals surface area contributed by atoms with Crippen molar-refractivity contribution in [1.29, 1.82) is 0 Å². The molecular weight excluding hydrogens is 268 g/mol. The third-order valence-corrected chi connectivity index (χ3v) is 4.15. The zero-order valence-electron chi connectivity index (χ0n) is 12.0. The number of ether oxygens (including phenoxy) is 1. The molecule has 5 nitrogen and oxygen atoms in total. The number of aromatic amines is 1. The van der Waals surface area contributed by atoms with Gasteiger partial charge in [0.1, 0.15) is 0 Å². The van der Waals surface area contributed by atoms with Crippen molar-refractivity contribution in [3.8, 4) is 0 Å². The molecule has 1 aliphatic heterocycles. The van der Waals surface area contributed by atoms with Gasteiger partial charge < -0.3 is 14.6 Å². The molecule has 2 aromatic rings. The van der Waals surface area contributed by atoms with E-state index in [0.717, 1.165) is 16.5 Å². The van der Waals surface area contributed by atoms with Gasteiger partial charge in [-0.1, -0.05) is 18.2 Å². The fraction of sp³-hybridized carbons (Fsp3) is 0.375. The third kappa shape index (κ3) is 2.51. The molecule has 0 radical (unpaired) electrons. The summed E-state index contributed by atoms with van der Waals surface area (Å²) in [6, 6.07) is 7.81. The molecule has 0 atom stereocenters. The van der Waals surface area contributed by atoms with E-state index in [1.165, 1.54) is 7.11 Å². The number of fused-ring (bicyclic) bond motifs is 1. The number of Topliss-reactive ketones (excluding diaryl/α,β-unsaturated/α-hetero) is 1. The van der Waals surface area contributed by atoms with Crippen LogP contribution in [0.3, 0.4) is 0 Å². The van der Waals surface area contributed by atoms with E-state index in [1.807, 2.05) is 24.3 Å². The maximum Gasteiger partial charge on any atom is 0.409 e. The van der Waals surface area contributed by atoms with Crippen LogP contribution in [0.1, 0.15) is 23.2 Å². The van der Waals surface area contributed by atoms with Gasteiger partial charge in [0, 0.05) is 41.7 Å². The molecule has 110 valence electrons. The molecule has 1 N–H and O–H groups in total. The van der Waals surface area contributed by atoms with Gasteiger partial charge in [0.25, 0.3) is 0 Å². The first-order chi connectivity index (χ1) is 10.2. The summed E-state index contributed by atoms with van der Waals surface area (Å²) in [5.41, 5.74) is 1.73. The molecule has 5 heteroatoms. The Morgan fingerprint density at radius 1 is 1.24 bits per heavy atom. The number of carbonyl (C=O) groups excluding carboxylic acids is 2. The molecule has 0 spiro atoms. The van der Waals surface area contributed by atoms with Crippen LogP contribution in [0.4, 0.5) is 4.79 Å². The molecule has 21 heavy (non-hydrogen) atoms. The van der Waals surface area contributed by atoms with Crippen LogP contribution >= 0.6 is 0 Å². The number of aromatic nitrogens is 1. The average Bonchev–Trinajstić information content (AvgIpc) is 2.97. The lowest BCUT2D eigenvalue weighted by Crippen LogP contribution is -2.40. The number of ketones is 1. The second-order valence-corrected chi connectivity index (χ2v) is 5.34. The minimum absolute atomic E-state index is 0.0230. The van der Waals surface area contributed by atoms with Crippen molar-refractivity contribution in [2.75, 3.05) is 20.2 Å². The molecule has 1 amide bonds. The first-order valence-corrected chi connectivity index (χ1v) is 7.14. The Kier molecular flexibility index (Phi) is 3.64. The molecule has 1 aromatic heterocycles. The second-order valence-electron chi connectivity index (χ2n) is 5.34. The predicted molar refractivity (Wildman–Crippen MR) is 79.3 cm³/mol. The standard InChI is InChI=1S/C16H18N2O3/c1-21-16(20)18-8-6-11(7-9-18)15(19)13-10-17-14-5-3-2-4-12(13)14/h2-5,10-11,17H,6-9H2,1H3. The summed E-state index contributed by atoms with van der Waals surface area (Å²) >= 11 is 0. The molecule has 1 aromatic carbocycles. The number of H-pyrrole nitrogens is 1. The van der Waals surface area contributed by atoms with Crippen LogP contribution in [-0.4, -0.2) is 42.0 Å². The Bertz CT molecular complexity index is 669. The minimum atomic E-state index is -0.312. The Hall–Kier alpha value is -2.30. The van der Waals surface area contributed by atoms with Gasteiger partial charge in [0.2, 0.25) is 0 Å². The molecule has 1 aliphatic rings. The largest absolute Gasteiger partial charge is 0.453 e. The molecule has 3 rings (SSSR count). The highest BCUT2D eigenvalue weighted by Crippen LogP contribution is 2.26. The van der Waals surface area contributed by atoms with Crippen molar-refractivity contribution in [1.82, 2.24) is 9.88 Å². The van der Waals surface area contributed by atoms with Gasteiger partial charge in [0.15, 0.2) is 5.78 Å². The molecule has 0 saturated carbocycles. The molecule has 0 unspecified atom stereocenters. The SMILES string of the molecule is COC(=O)N1CCC(C(=O)c2c[nH]c3ccccc23)CC1. The van der Waals surface area contributed by atoms with E-state index in [4.69, 9.17) is 4.74 Å². The number of rotatable bonds is 2. The van der Waals surface area contributed by atoms with Gasteiger partial charge in [-0.05, 0) is 18.9 Å². The van der Waals surface area contributed by atoms with Crippen molar-refractivity contribution in [3.05, 3.63) is 36.0 Å². The van der Waals surface area contributed by atoms with E-state index in [0.29, 0.717) is 25.9 Å². The fourth-order valence-corrected chi connectivity index (χ4v) is 2.95. The number of carbonyl (C=O) groups is 2. The maximum atomic E-state index is 12.7. The lowest BCUT2D eigenvalue weighted by Gasteiger charge is -2.30. The van der Waals surface area contributed by atoms with Crippen LogP contribution < -0.4 is 0 Å². The first kappa shape index (κ1) is 13.7. The monoisotopic (exact) mass is 286 g/mol. The number of nitrogens with one attached hydrogen (secondary N) is 1. The highest BCUT2D eigenvalue weighted by molar-refractivity contribution is 6.08. The number of nitrogens with zero attached hydrogens (tertiary/aromatic N) is 1. The summed E-state index contributed by atoms with van der Waals surface area (Å²) < 4.78 is 4.71. The van der Waals surface area contributed by atoms with Gasteiger partial charge in [-0.15, -0.1) is 0 Å². The number of piperidine rings is 1. The summed E-state index contributed by atoms with van der Waals surface area (Å²) in [4.78, 5) is 28.9. The van der Waals surface area contributed by atoms with Crippen molar-refractivity contribution in [2.45, 2.75) is 12.8 Å². The molecule has 0 bridgehead atoms. The first-order valence-electron chi connectivity index (χ1n) is 7.14. The van der Waals surface area contributed by atoms with Gasteiger partial charge in [0.05, 0.1) is 7.11 Å². The number of hydrogen-bond donors (Lipinski definition) is 1. The smallest absolute Gasteiger partial charge is 0.409 e. The Morgan fingerprint density at radius 2 is 1.95 bits per heavy atom. The Labute approximate surface area is 122 Å². The zero-order chi connectivity index (χ0) is 14.8. The quantitative estimate of drug-likeness (QED) is 0.863. The predicted octanol–water partition coefficient (Wildman–Crippen LogP) is 2.83. The van der Waals surface area contributed by atoms with Crippen molar-refractivity contribution >= 4 is 22.8 Å². The molecule has 0 aliphatic carbocycles. The number of methoxy groups -OCH3 is 1. The highest BCUT2D eigenvalue weighted by Gasteiger charge is 2.29. The highest BCUT2D eigenvalue weighted by atomic mass is 16.5. The normalized spacial score (nSPS) is 16.1. The third-order valence-electron chi connectivity index (χ3n) is 4.15. The Balaban J connectivity index is 1.74. The lowest BCUT2D eigenvalue weighted by atomic mass is 9.89. The van der Waals surface area contributed by atoms with Gasteiger partial charge in [-0.25, -0.2) is 4.79 Å². The summed E-state index contributed by atoms with van der Waals surface area (Å²) in [5.74, 6) is 0.141. The van der Waals surface area contributed by atoms with Crippen LogP contribution in [0.15, 0.2) is 30.5 Å². The number of para-hydroxylation sites is 1. The molecule has 1 fully saturated rings. The topological polar surface area (TPSA) is 62.4 Å². The molecule has 1 saturated heterocycles. The lowest BCUT2D eigenvalue weighted by molar-refractivity contribution is 0.0795. The van der Waals surface area contributed by atoms with Crippen LogP contribution in [0, 0.1) is 5.92 Å². The van der Waals surface area contributed by atoms with E-state index in [-0.39, 0.29) is 17.8 Å². The fourth-order valence-electron chi connectivity index (χ4n) is 2.95. The summed E-state index contributed by atoms with van der Waals surface area (Å²) in [7, 11) is 1.38. The number of benzene rings is 1. The summed E-state index contributed by atoms with van der Waals surface area (Å²) in [5, 5.41) is 0.970. The van der Waals surface area contributed by atoms with E-state index >= 15 is 0 Å². The van der Waals surface area contributed by atoms with Crippen LogP contribution in [0.5, 0.6) is 0 Å². The van der Waals surface area contributed by atoms with Gasteiger partial charge in [-0.2, -0.15) is 0 Å². The van der Waals surface area contributed by atoms with Crippen molar-refractivity contribution in [3.63, 3.8) is 0 Å². The minimum Gasteiger partial charge on any atom is -0.453 e. The summed E-state index contributed by atoms with van der Waals surface area (Å²) in [6.45, 7) is 1.15. The van der Waals surface area contributed by atoms with Gasteiger partial charge >= 0.3 is 6.09 Å². The van der Waals surface area contributed by atoms with Crippen molar-refractivity contribution < 1.29 is 14.3 Å². The van der Waals surface area contributed by atoms with E-state index in [1.54, 1.807) is 11.1 Å². The van der Waals surface area contributed by atoms with E-state index in [9.17, 15) is 9.59 Å². The number of likely N-dealkylation sites (tertiary alicyclic amines) is 1. The molecule has 2 heterocycles. The van der Waals surface area contributed by atoms with Crippen LogP contribution in [0.2, 0.25) is 0 Å². The van der Waals surface area contributed by atoms with Crippen LogP contribution in [0.25, 0.3) is 10.9 Å². The molecular formula is C16H18N2O3. The number of amides is 1. The van der Waals surface area contributed by atoms with E-state index in [2.05, 4.69) is 4.98 Å². The zero-order valence-corrected chi connectivity index (χ0v) is 12.0. The number of hydrogen-bond acceptors (Lipinski definition) is 3. The summed E-state index contributed by atoms with van der Waals surface area (Å²) in [6.07, 6.45) is 2.86. The van der Waals surface area contributed by atoms with E-state index < -0.39 is 0 Å². The van der Waals surface area contributed by atoms with Crippen molar-refractivity contribution in [2.24, 2.45) is 5.92 Å².